The molecule has 138 valence electrons. The number of nitrogens with zero attached hydrogens (tertiary/aromatic N) is 2. The first-order valence-corrected chi connectivity index (χ1v) is 8.68. The van der Waals surface area contributed by atoms with Crippen molar-refractivity contribution in [3.05, 3.63) is 83.9 Å². The highest BCUT2D eigenvalue weighted by Gasteiger charge is 2.09. The first-order chi connectivity index (χ1) is 13.6. The molecule has 3 N–H and O–H groups in total. The van der Waals surface area contributed by atoms with Crippen molar-refractivity contribution in [1.82, 2.24) is 9.97 Å². The molecule has 0 spiro atoms. The highest BCUT2D eigenvalue weighted by atomic mass is 16.5. The number of aromatic nitrogens is 2. The van der Waals surface area contributed by atoms with Gasteiger partial charge in [-0.05, 0) is 42.0 Å². The second-order valence-corrected chi connectivity index (χ2v) is 6.26. The molecule has 0 aliphatic heterocycles. The lowest BCUT2D eigenvalue weighted by Gasteiger charge is -2.09. The molecular weight excluding hydrogens is 354 g/mol. The van der Waals surface area contributed by atoms with Crippen molar-refractivity contribution in [2.24, 2.45) is 0 Å². The van der Waals surface area contributed by atoms with Crippen LogP contribution in [0.1, 0.15) is 15.9 Å². The summed E-state index contributed by atoms with van der Waals surface area (Å²) < 4.78 is 5.73. The van der Waals surface area contributed by atoms with E-state index in [0.717, 1.165) is 16.6 Å². The molecule has 0 fully saturated rings. The minimum atomic E-state index is -0.966. The van der Waals surface area contributed by atoms with Gasteiger partial charge in [-0.15, -0.1) is 0 Å². The van der Waals surface area contributed by atoms with E-state index >= 15 is 0 Å². The van der Waals surface area contributed by atoms with Crippen LogP contribution in [0.2, 0.25) is 0 Å². The van der Waals surface area contributed by atoms with Gasteiger partial charge in [0.25, 0.3) is 0 Å². The van der Waals surface area contributed by atoms with Gasteiger partial charge in [-0.3, -0.25) is 0 Å². The quantitative estimate of drug-likeness (QED) is 0.547. The molecule has 0 saturated carbocycles. The summed E-state index contributed by atoms with van der Waals surface area (Å²) in [6.45, 7) is 0.324. The standard InChI is InChI=1S/C22H17N3O3/c23-21-20(15-4-2-1-3-5-15)24-18-11-6-14(12-19(18)25-21)13-28-17-9-7-16(8-10-17)22(26)27/h1-12H,13H2,(H2,23,25)(H,26,27). The Balaban J connectivity index is 1.55. The number of benzene rings is 3. The van der Waals surface area contributed by atoms with Crippen LogP contribution in [-0.4, -0.2) is 21.0 Å². The Morgan fingerprint density at radius 3 is 2.39 bits per heavy atom. The third-order valence-electron chi connectivity index (χ3n) is 4.31. The highest BCUT2D eigenvalue weighted by molar-refractivity contribution is 5.87. The van der Waals surface area contributed by atoms with Gasteiger partial charge < -0.3 is 15.6 Å². The number of hydrogen-bond donors (Lipinski definition) is 2. The Kier molecular flexibility index (Phi) is 4.60. The fourth-order valence-electron chi connectivity index (χ4n) is 2.87. The van der Waals surface area contributed by atoms with Crippen molar-refractivity contribution < 1.29 is 14.6 Å². The van der Waals surface area contributed by atoms with Crippen LogP contribution < -0.4 is 10.5 Å². The number of aromatic carboxylic acids is 1. The summed E-state index contributed by atoms with van der Waals surface area (Å²) >= 11 is 0. The minimum Gasteiger partial charge on any atom is -0.489 e. The molecule has 6 heteroatoms. The van der Waals surface area contributed by atoms with Crippen LogP contribution in [0.4, 0.5) is 5.82 Å². The summed E-state index contributed by atoms with van der Waals surface area (Å²) in [6, 6.07) is 21.7. The monoisotopic (exact) mass is 371 g/mol. The third kappa shape index (κ3) is 3.61. The lowest BCUT2D eigenvalue weighted by molar-refractivity contribution is 0.0697. The zero-order valence-corrected chi connectivity index (χ0v) is 14.9. The van der Waals surface area contributed by atoms with Crippen molar-refractivity contribution in [3.8, 4) is 17.0 Å². The Bertz CT molecular complexity index is 1140. The predicted molar refractivity (Wildman–Crippen MR) is 107 cm³/mol. The largest absolute Gasteiger partial charge is 0.489 e. The van der Waals surface area contributed by atoms with E-state index in [1.165, 1.54) is 12.1 Å². The van der Waals surface area contributed by atoms with Gasteiger partial charge in [-0.2, -0.15) is 0 Å². The van der Waals surface area contributed by atoms with Crippen LogP contribution in [0.15, 0.2) is 72.8 Å². The summed E-state index contributed by atoms with van der Waals surface area (Å²) in [4.78, 5) is 20.0. The molecule has 0 aliphatic carbocycles. The normalized spacial score (nSPS) is 10.7. The lowest BCUT2D eigenvalue weighted by Crippen LogP contribution is -2.01. The van der Waals surface area contributed by atoms with Gasteiger partial charge in [0.05, 0.1) is 16.6 Å². The number of carbonyl (C=O) groups is 1. The van der Waals surface area contributed by atoms with Crippen LogP contribution in [0, 0.1) is 0 Å². The zero-order valence-electron chi connectivity index (χ0n) is 14.9. The maximum atomic E-state index is 10.9. The molecular formula is C22H17N3O3. The number of fused-ring (bicyclic) bond motifs is 1. The van der Waals surface area contributed by atoms with Gasteiger partial charge in [0.15, 0.2) is 5.82 Å². The van der Waals surface area contributed by atoms with Crippen molar-refractivity contribution in [2.75, 3.05) is 5.73 Å². The van der Waals surface area contributed by atoms with E-state index in [0.29, 0.717) is 29.4 Å². The van der Waals surface area contributed by atoms with Crippen LogP contribution >= 0.6 is 0 Å². The Morgan fingerprint density at radius 2 is 1.68 bits per heavy atom. The molecule has 0 radical (unpaired) electrons. The number of rotatable bonds is 5. The number of anilines is 1. The number of carboxylic acid groups (broad SMARTS) is 1. The van der Waals surface area contributed by atoms with Crippen molar-refractivity contribution in [3.63, 3.8) is 0 Å². The van der Waals surface area contributed by atoms with E-state index in [4.69, 9.17) is 15.6 Å². The molecule has 0 saturated heterocycles. The van der Waals surface area contributed by atoms with E-state index in [1.54, 1.807) is 12.1 Å². The summed E-state index contributed by atoms with van der Waals surface area (Å²) in [5.74, 6) is 0.00302. The van der Waals surface area contributed by atoms with E-state index in [1.807, 2.05) is 48.5 Å². The van der Waals surface area contributed by atoms with Gasteiger partial charge in [0, 0.05) is 5.56 Å². The molecule has 1 aromatic heterocycles. The number of carboxylic acids is 1. The van der Waals surface area contributed by atoms with Gasteiger partial charge in [-0.25, -0.2) is 14.8 Å². The van der Waals surface area contributed by atoms with Gasteiger partial charge in [0.1, 0.15) is 18.1 Å². The van der Waals surface area contributed by atoms with Crippen LogP contribution in [-0.2, 0) is 6.61 Å². The second kappa shape index (κ2) is 7.36. The van der Waals surface area contributed by atoms with E-state index in [2.05, 4.69) is 9.97 Å². The van der Waals surface area contributed by atoms with E-state index in [9.17, 15) is 4.79 Å². The highest BCUT2D eigenvalue weighted by Crippen LogP contribution is 2.25. The maximum Gasteiger partial charge on any atom is 0.335 e. The Hall–Kier alpha value is -3.93. The molecule has 3 aromatic carbocycles. The van der Waals surface area contributed by atoms with Crippen LogP contribution in [0.5, 0.6) is 5.75 Å². The molecule has 1 heterocycles. The summed E-state index contributed by atoms with van der Waals surface area (Å²) in [5.41, 5.74) is 10.3. The first kappa shape index (κ1) is 17.5. The molecule has 6 nitrogen and oxygen atoms in total. The van der Waals surface area contributed by atoms with E-state index < -0.39 is 5.97 Å². The molecule has 0 unspecified atom stereocenters. The summed E-state index contributed by atoms with van der Waals surface area (Å²) in [6.07, 6.45) is 0. The molecule has 4 rings (SSSR count). The van der Waals surface area contributed by atoms with Gasteiger partial charge >= 0.3 is 5.97 Å². The van der Waals surface area contributed by atoms with E-state index in [-0.39, 0.29) is 5.56 Å². The average Bonchev–Trinajstić information content (AvgIpc) is 2.72. The number of nitrogens with two attached hydrogens (primary N) is 1. The molecule has 4 aromatic rings. The third-order valence-corrected chi connectivity index (χ3v) is 4.31. The smallest absolute Gasteiger partial charge is 0.335 e. The number of nitrogen functional groups attached to an aromatic ring is 1. The van der Waals surface area contributed by atoms with Gasteiger partial charge in [0.2, 0.25) is 0 Å². The number of ether oxygens (including phenoxy) is 1. The topological polar surface area (TPSA) is 98.3 Å². The van der Waals surface area contributed by atoms with Crippen LogP contribution in [0.25, 0.3) is 22.3 Å². The Labute approximate surface area is 161 Å². The minimum absolute atomic E-state index is 0.220. The van der Waals surface area contributed by atoms with Crippen LogP contribution in [0.3, 0.4) is 0 Å². The second-order valence-electron chi connectivity index (χ2n) is 6.26. The summed E-state index contributed by atoms with van der Waals surface area (Å²) in [5, 5.41) is 8.93. The SMILES string of the molecule is Nc1nc2cc(COc3ccc(C(=O)O)cc3)ccc2nc1-c1ccccc1. The van der Waals surface area contributed by atoms with Gasteiger partial charge in [-0.1, -0.05) is 36.4 Å². The maximum absolute atomic E-state index is 10.9. The molecule has 0 atom stereocenters. The predicted octanol–water partition coefficient (Wildman–Crippen LogP) is 4.16. The zero-order chi connectivity index (χ0) is 19.5. The van der Waals surface area contributed by atoms with Crippen molar-refractivity contribution in [2.45, 2.75) is 6.61 Å². The molecule has 0 amide bonds. The molecule has 0 aliphatic rings. The summed E-state index contributed by atoms with van der Waals surface area (Å²) in [7, 11) is 0. The Morgan fingerprint density at radius 1 is 0.929 bits per heavy atom. The van der Waals surface area contributed by atoms with Crippen molar-refractivity contribution in [1.29, 1.82) is 0 Å². The fourth-order valence-corrected chi connectivity index (χ4v) is 2.87. The molecule has 0 bridgehead atoms. The molecule has 28 heavy (non-hydrogen) atoms. The van der Waals surface area contributed by atoms with Crippen molar-refractivity contribution >= 4 is 22.8 Å². The lowest BCUT2D eigenvalue weighted by atomic mass is 10.1. The average molecular weight is 371 g/mol. The number of hydrogen-bond acceptors (Lipinski definition) is 5. The fraction of sp³-hybridized carbons (Fsp3) is 0.0455. The first-order valence-electron chi connectivity index (χ1n) is 8.68.